The van der Waals surface area contributed by atoms with Crippen LogP contribution in [-0.4, -0.2) is 20.2 Å². The molecule has 8 aromatic rings. The Balaban J connectivity index is 0.000000174. The number of phenolic OH excluding ortho intramolecular Hbond substituents is 2. The fourth-order valence-electron chi connectivity index (χ4n) is 6.51. The third-order valence-electron chi connectivity index (χ3n) is 8.95. The summed E-state index contributed by atoms with van der Waals surface area (Å²) in [5.74, 6) is -0.313. The van der Waals surface area contributed by atoms with E-state index in [2.05, 4.69) is 22.1 Å². The first-order valence-corrected chi connectivity index (χ1v) is 16.6. The zero-order valence-corrected chi connectivity index (χ0v) is 28.1. The van der Waals surface area contributed by atoms with Crippen molar-refractivity contribution in [3.63, 3.8) is 0 Å². The summed E-state index contributed by atoms with van der Waals surface area (Å²) in [7, 11) is 0. The van der Waals surface area contributed by atoms with Gasteiger partial charge in [0.1, 0.15) is 22.5 Å². The first-order chi connectivity index (χ1) is 25.9. The molecule has 0 spiro atoms. The van der Waals surface area contributed by atoms with Crippen LogP contribution in [0.4, 0.5) is 26.3 Å². The van der Waals surface area contributed by atoms with Gasteiger partial charge in [-0.3, -0.25) is 9.97 Å². The zero-order chi connectivity index (χ0) is 38.0. The number of phenols is 2. The quantitative estimate of drug-likeness (QED) is 0.177. The maximum Gasteiger partial charge on any atom is 0.417 e. The van der Waals surface area contributed by atoms with E-state index >= 15 is 0 Å². The maximum absolute atomic E-state index is 13.6. The first kappa shape index (κ1) is 35.7. The Labute approximate surface area is 305 Å². The molecule has 0 aliphatic carbocycles. The van der Waals surface area contributed by atoms with Crippen molar-refractivity contribution in [3.05, 3.63) is 169 Å². The minimum Gasteiger partial charge on any atom is -0.505 e. The van der Waals surface area contributed by atoms with Crippen LogP contribution >= 0.6 is 0 Å². The lowest BCUT2D eigenvalue weighted by Crippen LogP contribution is -2.08. The molecule has 2 aromatic heterocycles. The van der Waals surface area contributed by atoms with Crippen LogP contribution in [0.5, 0.6) is 11.5 Å². The van der Waals surface area contributed by atoms with Crippen LogP contribution in [0.15, 0.2) is 158 Å². The molecule has 2 heterocycles. The van der Waals surface area contributed by atoms with E-state index in [0.29, 0.717) is 5.52 Å². The Morgan fingerprint density at radius 2 is 0.759 bits per heavy atom. The fraction of sp³-hybridized carbons (Fsp3) is 0.0455. The Kier molecular flexibility index (Phi) is 9.51. The van der Waals surface area contributed by atoms with Crippen LogP contribution in [-0.2, 0) is 12.4 Å². The van der Waals surface area contributed by atoms with E-state index < -0.39 is 29.2 Å². The summed E-state index contributed by atoms with van der Waals surface area (Å²) in [4.78, 5) is 8.43. The lowest BCUT2D eigenvalue weighted by atomic mass is 9.90. The molecule has 2 N–H and O–H groups in total. The predicted molar refractivity (Wildman–Crippen MR) is 199 cm³/mol. The van der Waals surface area contributed by atoms with Gasteiger partial charge in [-0.05, 0) is 69.8 Å². The van der Waals surface area contributed by atoms with Crippen molar-refractivity contribution in [3.8, 4) is 56.0 Å². The molecule has 54 heavy (non-hydrogen) atoms. The standard InChI is InChI=1S/C23H13F6NO.C21H15NO/c24-22(25,26)18-9-3-1-6-13(18)16-12-17(21(31)20-15(16)8-5-11-30-20)14-7-2-4-10-19(14)23(27,28)29;23-21-19(16-10-5-2-6-11-16)14-18(15-8-3-1-4-9-15)17-12-7-13-22-20(17)21/h1-12,31H;1-14,23H. The molecule has 8 rings (SSSR count). The number of nitrogens with zero attached hydrogens (tertiary/aromatic N) is 2. The topological polar surface area (TPSA) is 66.2 Å². The highest BCUT2D eigenvalue weighted by molar-refractivity contribution is 6.04. The monoisotopic (exact) mass is 730 g/mol. The van der Waals surface area contributed by atoms with Crippen LogP contribution in [0.2, 0.25) is 0 Å². The van der Waals surface area contributed by atoms with Gasteiger partial charge in [0.2, 0.25) is 0 Å². The molecule has 0 radical (unpaired) electrons. The average molecular weight is 731 g/mol. The maximum atomic E-state index is 13.6. The summed E-state index contributed by atoms with van der Waals surface area (Å²) in [6.07, 6.45) is -6.40. The van der Waals surface area contributed by atoms with Crippen LogP contribution in [0.25, 0.3) is 66.3 Å². The van der Waals surface area contributed by atoms with Gasteiger partial charge in [-0.15, -0.1) is 0 Å². The van der Waals surface area contributed by atoms with Gasteiger partial charge in [0.25, 0.3) is 0 Å². The second kappa shape index (κ2) is 14.4. The van der Waals surface area contributed by atoms with Crippen LogP contribution in [0.3, 0.4) is 0 Å². The smallest absolute Gasteiger partial charge is 0.417 e. The van der Waals surface area contributed by atoms with Crippen molar-refractivity contribution in [1.29, 1.82) is 0 Å². The molecular formula is C44H28F6N2O2. The Hall–Kier alpha value is -6.68. The van der Waals surface area contributed by atoms with Gasteiger partial charge in [0.05, 0.1) is 11.1 Å². The molecule has 10 heteroatoms. The normalized spacial score (nSPS) is 11.7. The van der Waals surface area contributed by atoms with E-state index in [4.69, 9.17) is 0 Å². The van der Waals surface area contributed by atoms with Gasteiger partial charge in [-0.25, -0.2) is 0 Å². The van der Waals surface area contributed by atoms with Gasteiger partial charge in [0, 0.05) is 34.3 Å². The lowest BCUT2D eigenvalue weighted by molar-refractivity contribution is -0.137. The predicted octanol–water partition coefficient (Wildman–Crippen LogP) is 12.6. The Morgan fingerprint density at radius 3 is 1.26 bits per heavy atom. The van der Waals surface area contributed by atoms with Crippen LogP contribution in [0.1, 0.15) is 11.1 Å². The Bertz CT molecular complexity index is 2610. The van der Waals surface area contributed by atoms with Crippen molar-refractivity contribution in [2.75, 3.05) is 0 Å². The number of alkyl halides is 6. The molecule has 6 aromatic carbocycles. The molecule has 0 fully saturated rings. The first-order valence-electron chi connectivity index (χ1n) is 16.6. The molecule has 0 saturated carbocycles. The molecular weight excluding hydrogens is 702 g/mol. The summed E-state index contributed by atoms with van der Waals surface area (Å²) in [6, 6.07) is 39.5. The van der Waals surface area contributed by atoms with Gasteiger partial charge in [0.15, 0.2) is 0 Å². The SMILES string of the molecule is Oc1c(-c2ccccc2)cc(-c2ccccc2)c2cccnc12.Oc1c(-c2ccccc2C(F)(F)F)cc(-c2ccccc2C(F)(F)F)c2cccnc12. The highest BCUT2D eigenvalue weighted by atomic mass is 19.4. The summed E-state index contributed by atoms with van der Waals surface area (Å²) < 4.78 is 81.7. The number of benzene rings is 6. The van der Waals surface area contributed by atoms with Crippen LogP contribution < -0.4 is 0 Å². The largest absolute Gasteiger partial charge is 0.505 e. The minimum absolute atomic E-state index is 0.0146. The number of pyridine rings is 2. The summed E-state index contributed by atoms with van der Waals surface area (Å²) in [5.41, 5.74) is 1.73. The average Bonchev–Trinajstić information content (AvgIpc) is 3.19. The second-order valence-corrected chi connectivity index (χ2v) is 12.3. The third kappa shape index (κ3) is 6.93. The van der Waals surface area contributed by atoms with Crippen molar-refractivity contribution in [2.24, 2.45) is 0 Å². The number of fused-ring (bicyclic) bond motifs is 2. The van der Waals surface area contributed by atoms with Gasteiger partial charge in [-0.1, -0.05) is 109 Å². The summed E-state index contributed by atoms with van der Waals surface area (Å²) in [6.45, 7) is 0. The van der Waals surface area contributed by atoms with E-state index in [0.717, 1.165) is 51.9 Å². The fourth-order valence-corrected chi connectivity index (χ4v) is 6.51. The van der Waals surface area contributed by atoms with Crippen molar-refractivity contribution in [2.45, 2.75) is 12.4 Å². The summed E-state index contributed by atoms with van der Waals surface area (Å²) >= 11 is 0. The van der Waals surface area contributed by atoms with E-state index in [1.807, 2.05) is 66.7 Å². The van der Waals surface area contributed by atoms with E-state index in [-0.39, 0.29) is 38.9 Å². The van der Waals surface area contributed by atoms with Crippen molar-refractivity contribution >= 4 is 21.8 Å². The van der Waals surface area contributed by atoms with Crippen LogP contribution in [0, 0.1) is 0 Å². The van der Waals surface area contributed by atoms with Gasteiger partial charge < -0.3 is 10.2 Å². The van der Waals surface area contributed by atoms with Gasteiger partial charge in [-0.2, -0.15) is 26.3 Å². The third-order valence-corrected chi connectivity index (χ3v) is 8.95. The van der Waals surface area contributed by atoms with Gasteiger partial charge >= 0.3 is 12.4 Å². The Morgan fingerprint density at radius 1 is 0.370 bits per heavy atom. The van der Waals surface area contributed by atoms with E-state index in [1.54, 1.807) is 6.20 Å². The number of hydrogen-bond donors (Lipinski definition) is 2. The summed E-state index contributed by atoms with van der Waals surface area (Å²) in [5, 5.41) is 22.6. The molecule has 268 valence electrons. The number of rotatable bonds is 4. The van der Waals surface area contributed by atoms with E-state index in [1.165, 1.54) is 48.7 Å². The molecule has 0 unspecified atom stereocenters. The van der Waals surface area contributed by atoms with Crippen molar-refractivity contribution < 1.29 is 36.6 Å². The highest BCUT2D eigenvalue weighted by Gasteiger charge is 2.36. The van der Waals surface area contributed by atoms with Crippen molar-refractivity contribution in [1.82, 2.24) is 9.97 Å². The number of halogens is 6. The molecule has 0 amide bonds. The molecule has 0 bridgehead atoms. The minimum atomic E-state index is -4.73. The second-order valence-electron chi connectivity index (χ2n) is 12.3. The molecule has 0 atom stereocenters. The highest BCUT2D eigenvalue weighted by Crippen LogP contribution is 2.47. The molecule has 0 aliphatic rings. The number of aromatic hydroxyl groups is 2. The zero-order valence-electron chi connectivity index (χ0n) is 28.1. The lowest BCUT2D eigenvalue weighted by Gasteiger charge is -2.19. The number of hydrogen-bond acceptors (Lipinski definition) is 4. The molecule has 4 nitrogen and oxygen atoms in total. The molecule has 0 saturated heterocycles. The molecule has 0 aliphatic heterocycles. The van der Waals surface area contributed by atoms with E-state index in [9.17, 15) is 36.6 Å². The number of aromatic nitrogens is 2.